The standard InChI is InChI=1S/C21H19ClF3N5S/c1-10(11-4-3-5-12(15(11)23)17(24)25)27-18-13-8-14(21(9-26)6-7-21)16(22)28-19(13)30-20(29-18)31-2/h3-5,8,10,16-17H,6-7H2,1-2H3,(H2,27,28,29,30)/t10-,16?/m1/s1. The van der Waals surface area contributed by atoms with Gasteiger partial charge in [-0.1, -0.05) is 41.6 Å². The van der Waals surface area contributed by atoms with Gasteiger partial charge < -0.3 is 10.6 Å². The fourth-order valence-corrected chi connectivity index (χ4v) is 4.39. The summed E-state index contributed by atoms with van der Waals surface area (Å²) >= 11 is 7.81. The molecular weight excluding hydrogens is 447 g/mol. The van der Waals surface area contributed by atoms with E-state index >= 15 is 0 Å². The van der Waals surface area contributed by atoms with Crippen LogP contribution in [0.5, 0.6) is 0 Å². The molecule has 1 saturated carbocycles. The van der Waals surface area contributed by atoms with E-state index in [9.17, 15) is 18.4 Å². The molecule has 0 amide bonds. The number of thioether (sulfide) groups is 1. The van der Waals surface area contributed by atoms with Gasteiger partial charge in [-0.05, 0) is 37.7 Å². The summed E-state index contributed by atoms with van der Waals surface area (Å²) in [4.78, 5) is 8.96. The number of fused-ring (bicyclic) bond motifs is 1. The van der Waals surface area contributed by atoms with E-state index in [4.69, 9.17) is 11.6 Å². The van der Waals surface area contributed by atoms with Crippen molar-refractivity contribution in [3.05, 3.63) is 46.3 Å². The van der Waals surface area contributed by atoms with Gasteiger partial charge in [-0.25, -0.2) is 23.1 Å². The molecule has 162 valence electrons. The highest BCUT2D eigenvalue weighted by Crippen LogP contribution is 2.55. The largest absolute Gasteiger partial charge is 0.363 e. The van der Waals surface area contributed by atoms with Gasteiger partial charge in [0.1, 0.15) is 23.0 Å². The molecule has 2 heterocycles. The Labute approximate surface area is 187 Å². The maximum atomic E-state index is 14.6. The number of hydrogen-bond acceptors (Lipinski definition) is 6. The molecule has 1 aromatic heterocycles. The second-order valence-corrected chi connectivity index (χ2v) is 8.75. The van der Waals surface area contributed by atoms with Crippen molar-refractivity contribution in [3.63, 3.8) is 0 Å². The van der Waals surface area contributed by atoms with Crippen molar-refractivity contribution < 1.29 is 13.2 Å². The van der Waals surface area contributed by atoms with Crippen LogP contribution in [0.2, 0.25) is 0 Å². The van der Waals surface area contributed by atoms with Crippen molar-refractivity contribution in [2.45, 2.75) is 42.9 Å². The normalized spacial score (nSPS) is 19.7. The lowest BCUT2D eigenvalue weighted by atomic mass is 9.93. The van der Waals surface area contributed by atoms with Crippen LogP contribution in [0.1, 0.15) is 48.9 Å². The van der Waals surface area contributed by atoms with Crippen LogP contribution in [-0.2, 0) is 0 Å². The summed E-state index contributed by atoms with van der Waals surface area (Å²) in [5.41, 5.74) is -0.371. The van der Waals surface area contributed by atoms with Crippen LogP contribution >= 0.6 is 23.4 Å². The van der Waals surface area contributed by atoms with Crippen LogP contribution < -0.4 is 10.6 Å². The number of nitriles is 1. The smallest absolute Gasteiger partial charge is 0.266 e. The molecule has 10 heteroatoms. The van der Waals surface area contributed by atoms with Gasteiger partial charge in [-0.2, -0.15) is 5.26 Å². The Hall–Kier alpha value is -2.44. The van der Waals surface area contributed by atoms with Crippen LogP contribution in [0.15, 0.2) is 28.9 Å². The first-order valence-corrected chi connectivity index (χ1v) is 11.3. The molecule has 1 unspecified atom stereocenters. The highest BCUT2D eigenvalue weighted by Gasteiger charge is 2.50. The topological polar surface area (TPSA) is 73.6 Å². The fourth-order valence-electron chi connectivity index (χ4n) is 3.65. The summed E-state index contributed by atoms with van der Waals surface area (Å²) in [5.74, 6) is -0.0403. The van der Waals surface area contributed by atoms with Gasteiger partial charge in [-0.3, -0.25) is 0 Å². The quantitative estimate of drug-likeness (QED) is 0.231. The van der Waals surface area contributed by atoms with Gasteiger partial charge in [0.25, 0.3) is 6.43 Å². The van der Waals surface area contributed by atoms with Crippen LogP contribution in [-0.4, -0.2) is 21.7 Å². The molecule has 2 atom stereocenters. The predicted octanol–water partition coefficient (Wildman–Crippen LogP) is 6.13. The van der Waals surface area contributed by atoms with Crippen LogP contribution in [0.4, 0.5) is 24.8 Å². The average Bonchev–Trinajstić information content (AvgIpc) is 3.54. The summed E-state index contributed by atoms with van der Waals surface area (Å²) in [6.07, 6.45) is 2.18. The minimum Gasteiger partial charge on any atom is -0.363 e. The molecule has 2 N–H and O–H groups in total. The van der Waals surface area contributed by atoms with E-state index in [1.165, 1.54) is 23.9 Å². The Morgan fingerprint density at radius 1 is 1.32 bits per heavy atom. The van der Waals surface area contributed by atoms with Crippen molar-refractivity contribution in [3.8, 4) is 6.07 Å². The Kier molecular flexibility index (Phi) is 5.79. The second kappa shape index (κ2) is 8.24. The Morgan fingerprint density at radius 3 is 2.65 bits per heavy atom. The minimum atomic E-state index is -2.90. The lowest BCUT2D eigenvalue weighted by molar-refractivity contribution is 0.146. The number of nitrogens with one attached hydrogen (secondary N) is 2. The number of hydrogen-bond donors (Lipinski definition) is 2. The zero-order valence-electron chi connectivity index (χ0n) is 16.7. The zero-order chi connectivity index (χ0) is 22.3. The molecular formula is C21H19ClF3N5S. The van der Waals surface area contributed by atoms with Gasteiger partial charge >= 0.3 is 0 Å². The molecule has 0 spiro atoms. The molecule has 2 aromatic rings. The van der Waals surface area contributed by atoms with E-state index in [1.807, 2.05) is 12.3 Å². The van der Waals surface area contributed by atoms with E-state index in [1.54, 1.807) is 6.92 Å². The number of benzene rings is 1. The van der Waals surface area contributed by atoms with Crippen molar-refractivity contribution in [1.29, 1.82) is 5.26 Å². The van der Waals surface area contributed by atoms with Crippen LogP contribution in [0.25, 0.3) is 6.08 Å². The maximum absolute atomic E-state index is 14.6. The SMILES string of the molecule is CSc1nc2c(c(N[C@H](C)c3cccc(C(F)F)c3F)n1)C=C(C1(C#N)CC1)C(Cl)N2. The number of aromatic nitrogens is 2. The average molecular weight is 466 g/mol. The first kappa shape index (κ1) is 21.8. The molecule has 1 aromatic carbocycles. The number of alkyl halides is 3. The highest BCUT2D eigenvalue weighted by molar-refractivity contribution is 7.98. The van der Waals surface area contributed by atoms with Gasteiger partial charge in [0.2, 0.25) is 0 Å². The van der Waals surface area contributed by atoms with Crippen molar-refractivity contribution >= 4 is 41.1 Å². The molecule has 5 nitrogen and oxygen atoms in total. The predicted molar refractivity (Wildman–Crippen MR) is 116 cm³/mol. The summed E-state index contributed by atoms with van der Waals surface area (Å²) in [6, 6.07) is 5.63. The van der Waals surface area contributed by atoms with Crippen molar-refractivity contribution in [2.75, 3.05) is 16.9 Å². The van der Waals surface area contributed by atoms with E-state index in [-0.39, 0.29) is 5.56 Å². The first-order valence-electron chi connectivity index (χ1n) is 9.62. The maximum Gasteiger partial charge on any atom is 0.266 e. The Balaban J connectivity index is 1.75. The van der Waals surface area contributed by atoms with E-state index in [0.29, 0.717) is 22.4 Å². The van der Waals surface area contributed by atoms with Crippen molar-refractivity contribution in [2.24, 2.45) is 5.41 Å². The first-order chi connectivity index (χ1) is 14.8. The van der Waals surface area contributed by atoms with E-state index in [0.717, 1.165) is 24.5 Å². The fraction of sp³-hybridized carbons (Fsp3) is 0.381. The molecule has 1 aliphatic carbocycles. The Morgan fingerprint density at radius 2 is 2.03 bits per heavy atom. The number of nitrogens with zero attached hydrogens (tertiary/aromatic N) is 3. The molecule has 0 bridgehead atoms. The monoisotopic (exact) mass is 465 g/mol. The van der Waals surface area contributed by atoms with Gasteiger partial charge in [0.05, 0.1) is 28.7 Å². The lowest BCUT2D eigenvalue weighted by Gasteiger charge is -2.28. The summed E-state index contributed by atoms with van der Waals surface area (Å²) in [5, 5.41) is 16.3. The van der Waals surface area contributed by atoms with Gasteiger partial charge in [0.15, 0.2) is 5.16 Å². The molecule has 0 radical (unpaired) electrons. The summed E-state index contributed by atoms with van der Waals surface area (Å²) in [7, 11) is 0. The van der Waals surface area contributed by atoms with Gasteiger partial charge in [0, 0.05) is 5.56 Å². The number of rotatable bonds is 6. The summed E-state index contributed by atoms with van der Waals surface area (Å²) in [6.45, 7) is 1.67. The third kappa shape index (κ3) is 3.94. The van der Waals surface area contributed by atoms with E-state index in [2.05, 4.69) is 26.7 Å². The van der Waals surface area contributed by atoms with Crippen LogP contribution in [0, 0.1) is 22.6 Å². The van der Waals surface area contributed by atoms with Crippen LogP contribution in [0.3, 0.4) is 0 Å². The third-order valence-corrected chi connectivity index (χ3v) is 6.47. The second-order valence-electron chi connectivity index (χ2n) is 7.54. The van der Waals surface area contributed by atoms with Crippen molar-refractivity contribution in [1.82, 2.24) is 9.97 Å². The summed E-state index contributed by atoms with van der Waals surface area (Å²) < 4.78 is 40.9. The molecule has 2 aliphatic rings. The highest BCUT2D eigenvalue weighted by atomic mass is 35.5. The zero-order valence-corrected chi connectivity index (χ0v) is 18.3. The van der Waals surface area contributed by atoms with Gasteiger partial charge in [-0.15, -0.1) is 0 Å². The van der Waals surface area contributed by atoms with E-state index < -0.39 is 34.8 Å². The molecule has 0 saturated heterocycles. The Bertz CT molecular complexity index is 1100. The molecule has 1 fully saturated rings. The minimum absolute atomic E-state index is 0.106. The molecule has 1 aliphatic heterocycles. The number of anilines is 2. The number of halogens is 4. The molecule has 31 heavy (non-hydrogen) atoms. The lowest BCUT2D eigenvalue weighted by Crippen LogP contribution is -2.26. The third-order valence-electron chi connectivity index (χ3n) is 5.57. The molecule has 4 rings (SSSR count).